The van der Waals surface area contributed by atoms with Crippen LogP contribution < -0.4 is 10.5 Å². The van der Waals surface area contributed by atoms with Crippen molar-refractivity contribution in [2.75, 3.05) is 4.72 Å². The van der Waals surface area contributed by atoms with Crippen LogP contribution in [0.2, 0.25) is 0 Å². The molecule has 0 aliphatic carbocycles. The third-order valence-electron chi connectivity index (χ3n) is 5.19. The number of nitrogens with one attached hydrogen (secondary N) is 1. The molecule has 162 valence electrons. The first-order chi connectivity index (χ1) is 15.3. The van der Waals surface area contributed by atoms with Gasteiger partial charge in [-0.1, -0.05) is 37.3 Å². The van der Waals surface area contributed by atoms with Gasteiger partial charge < -0.3 is 5.73 Å². The van der Waals surface area contributed by atoms with Gasteiger partial charge in [-0.25, -0.2) is 12.8 Å². The number of primary amides is 1. The van der Waals surface area contributed by atoms with Crippen molar-refractivity contribution >= 4 is 32.7 Å². The molecule has 0 spiro atoms. The molecule has 9 heteroatoms. The first-order valence-corrected chi connectivity index (χ1v) is 11.2. The highest BCUT2D eigenvalue weighted by Crippen LogP contribution is 2.34. The van der Waals surface area contributed by atoms with E-state index in [9.17, 15) is 17.6 Å². The number of rotatable bonds is 6. The van der Waals surface area contributed by atoms with E-state index in [4.69, 9.17) is 5.73 Å². The minimum atomic E-state index is -4.16. The molecule has 1 unspecified atom stereocenters. The first-order valence-electron chi connectivity index (χ1n) is 9.68. The highest BCUT2D eigenvalue weighted by Gasteiger charge is 2.25. The number of amides is 1. The van der Waals surface area contributed by atoms with Crippen LogP contribution in [-0.4, -0.2) is 24.3 Å². The predicted octanol–water partition coefficient (Wildman–Crippen LogP) is 3.82. The molecular weight excluding hydrogens is 431 g/mol. The van der Waals surface area contributed by atoms with Gasteiger partial charge in [0.2, 0.25) is 0 Å². The predicted molar refractivity (Wildman–Crippen MR) is 119 cm³/mol. The number of nitrogens with two attached hydrogens (primary N) is 1. The van der Waals surface area contributed by atoms with E-state index in [2.05, 4.69) is 14.7 Å². The number of nitrogens with zero attached hydrogens (tertiary/aromatic N) is 2. The Hall–Kier alpha value is -3.85. The minimum absolute atomic E-state index is 0.0198. The molecule has 4 aromatic rings. The van der Waals surface area contributed by atoms with Crippen LogP contribution in [-0.2, 0) is 10.0 Å². The lowest BCUT2D eigenvalue weighted by Crippen LogP contribution is -2.21. The molecular formula is C23H19FN4O3S. The Balaban J connectivity index is 1.85. The number of hydrogen-bond acceptors (Lipinski definition) is 5. The number of benzene rings is 3. The molecule has 0 bridgehead atoms. The van der Waals surface area contributed by atoms with Gasteiger partial charge in [-0.2, -0.15) is 0 Å². The molecule has 0 aliphatic rings. The van der Waals surface area contributed by atoms with E-state index < -0.39 is 15.9 Å². The average Bonchev–Trinajstić information content (AvgIpc) is 2.78. The number of sulfonamides is 1. The smallest absolute Gasteiger partial charge is 0.264 e. The van der Waals surface area contributed by atoms with Crippen molar-refractivity contribution in [3.05, 3.63) is 95.6 Å². The highest BCUT2D eigenvalue weighted by atomic mass is 32.2. The van der Waals surface area contributed by atoms with Crippen LogP contribution in [0.25, 0.3) is 11.0 Å². The largest absolute Gasteiger partial charge is 0.366 e. The van der Waals surface area contributed by atoms with Gasteiger partial charge in [0.15, 0.2) is 0 Å². The van der Waals surface area contributed by atoms with Crippen LogP contribution in [0.4, 0.5) is 10.1 Å². The van der Waals surface area contributed by atoms with Crippen LogP contribution in [0.15, 0.2) is 78.0 Å². The fourth-order valence-corrected chi connectivity index (χ4v) is 4.83. The van der Waals surface area contributed by atoms with Crippen molar-refractivity contribution in [2.24, 2.45) is 5.73 Å². The molecule has 32 heavy (non-hydrogen) atoms. The van der Waals surface area contributed by atoms with Crippen LogP contribution in [0.5, 0.6) is 0 Å². The molecule has 3 aromatic carbocycles. The second kappa shape index (κ2) is 8.35. The van der Waals surface area contributed by atoms with E-state index in [1.807, 2.05) is 6.92 Å². The molecule has 7 nitrogen and oxygen atoms in total. The molecule has 0 saturated heterocycles. The van der Waals surface area contributed by atoms with Gasteiger partial charge in [-0.05, 0) is 41.5 Å². The summed E-state index contributed by atoms with van der Waals surface area (Å²) in [4.78, 5) is 20.3. The maximum Gasteiger partial charge on any atom is 0.264 e. The number of halogens is 1. The third kappa shape index (κ3) is 4.02. The van der Waals surface area contributed by atoms with E-state index in [-0.39, 0.29) is 33.4 Å². The Kier molecular flexibility index (Phi) is 5.58. The SMILES string of the molecule is CC(c1ccc(F)cc1)c1cccc(C(N)=O)c1NS(=O)(=O)c1cccc2nccnc12. The molecule has 1 aromatic heterocycles. The normalized spacial score (nSPS) is 12.4. The number of anilines is 1. The number of hydrogen-bond donors (Lipinski definition) is 2. The molecule has 0 fully saturated rings. The van der Waals surface area contributed by atoms with Crippen molar-refractivity contribution in [3.8, 4) is 0 Å². The van der Waals surface area contributed by atoms with Gasteiger partial charge in [0.05, 0.1) is 16.8 Å². The second-order valence-corrected chi connectivity index (χ2v) is 8.84. The maximum absolute atomic E-state index is 13.4. The van der Waals surface area contributed by atoms with Crippen LogP contribution in [0.1, 0.15) is 34.3 Å². The number of para-hydroxylation sites is 2. The topological polar surface area (TPSA) is 115 Å². The summed E-state index contributed by atoms with van der Waals surface area (Å²) in [6, 6.07) is 15.3. The van der Waals surface area contributed by atoms with Crippen molar-refractivity contribution in [2.45, 2.75) is 17.7 Å². The standard InChI is InChI=1S/C23H19FN4O3S/c1-14(15-8-10-16(24)11-9-15)17-4-2-5-18(23(25)29)21(17)28-32(30,31)20-7-3-6-19-22(20)27-13-12-26-19/h2-14,28H,1H3,(H2,25,29). The lowest BCUT2D eigenvalue weighted by molar-refractivity contribution is 0.100. The van der Waals surface area contributed by atoms with Crippen molar-refractivity contribution in [3.63, 3.8) is 0 Å². The zero-order chi connectivity index (χ0) is 22.9. The number of fused-ring (bicyclic) bond motifs is 1. The molecule has 3 N–H and O–H groups in total. The molecule has 1 heterocycles. The van der Waals surface area contributed by atoms with Gasteiger partial charge in [0, 0.05) is 18.3 Å². The molecule has 1 amide bonds. The second-order valence-electron chi connectivity index (χ2n) is 7.19. The highest BCUT2D eigenvalue weighted by molar-refractivity contribution is 7.93. The first kappa shape index (κ1) is 21.4. The van der Waals surface area contributed by atoms with Gasteiger partial charge >= 0.3 is 0 Å². The summed E-state index contributed by atoms with van der Waals surface area (Å²) in [6.45, 7) is 1.83. The number of carbonyl (C=O) groups excluding carboxylic acids is 1. The summed E-state index contributed by atoms with van der Waals surface area (Å²) in [5, 5.41) is 0. The van der Waals surface area contributed by atoms with Crippen LogP contribution in [0, 0.1) is 5.82 Å². The number of aromatic nitrogens is 2. The fourth-order valence-electron chi connectivity index (χ4n) is 3.55. The van der Waals surface area contributed by atoms with Crippen LogP contribution >= 0.6 is 0 Å². The minimum Gasteiger partial charge on any atom is -0.366 e. The Bertz CT molecular complexity index is 1420. The van der Waals surface area contributed by atoms with Crippen molar-refractivity contribution < 1.29 is 17.6 Å². The van der Waals surface area contributed by atoms with E-state index in [0.29, 0.717) is 11.1 Å². The molecule has 1 atom stereocenters. The van der Waals surface area contributed by atoms with Gasteiger partial charge in [0.1, 0.15) is 16.2 Å². The van der Waals surface area contributed by atoms with E-state index >= 15 is 0 Å². The summed E-state index contributed by atoms with van der Waals surface area (Å²) in [5.41, 5.74) is 7.50. The zero-order valence-electron chi connectivity index (χ0n) is 17.0. The summed E-state index contributed by atoms with van der Waals surface area (Å²) in [5.74, 6) is -1.53. The summed E-state index contributed by atoms with van der Waals surface area (Å²) >= 11 is 0. The third-order valence-corrected chi connectivity index (χ3v) is 6.57. The van der Waals surface area contributed by atoms with Gasteiger partial charge in [-0.3, -0.25) is 19.5 Å². The summed E-state index contributed by atoms with van der Waals surface area (Å²) in [6.07, 6.45) is 2.87. The Labute approximate surface area is 184 Å². The van der Waals surface area contributed by atoms with Crippen molar-refractivity contribution in [1.29, 1.82) is 0 Å². The maximum atomic E-state index is 13.4. The number of carbonyl (C=O) groups is 1. The molecule has 0 saturated carbocycles. The van der Waals surface area contributed by atoms with E-state index in [1.165, 1.54) is 36.7 Å². The summed E-state index contributed by atoms with van der Waals surface area (Å²) < 4.78 is 42.6. The van der Waals surface area contributed by atoms with E-state index in [1.54, 1.807) is 36.4 Å². The Morgan fingerprint density at radius 2 is 1.69 bits per heavy atom. The zero-order valence-corrected chi connectivity index (χ0v) is 17.8. The fraction of sp³-hybridized carbons (Fsp3) is 0.0870. The van der Waals surface area contributed by atoms with Crippen LogP contribution in [0.3, 0.4) is 0 Å². The van der Waals surface area contributed by atoms with Gasteiger partial charge in [0.25, 0.3) is 15.9 Å². The molecule has 4 rings (SSSR count). The Morgan fingerprint density at radius 3 is 2.41 bits per heavy atom. The van der Waals surface area contributed by atoms with Crippen molar-refractivity contribution in [1.82, 2.24) is 9.97 Å². The lowest BCUT2D eigenvalue weighted by atomic mass is 9.90. The van der Waals surface area contributed by atoms with E-state index in [0.717, 1.165) is 5.56 Å². The lowest BCUT2D eigenvalue weighted by Gasteiger charge is -2.20. The van der Waals surface area contributed by atoms with Gasteiger partial charge in [-0.15, -0.1) is 0 Å². The molecule has 0 radical (unpaired) electrons. The Morgan fingerprint density at radius 1 is 1.00 bits per heavy atom. The quantitative estimate of drug-likeness (QED) is 0.463. The molecule has 0 aliphatic heterocycles. The average molecular weight is 450 g/mol. The summed E-state index contributed by atoms with van der Waals surface area (Å²) in [7, 11) is -4.16. The monoisotopic (exact) mass is 450 g/mol.